The summed E-state index contributed by atoms with van der Waals surface area (Å²) in [7, 11) is 0. The Hall–Kier alpha value is -1.86. The van der Waals surface area contributed by atoms with Gasteiger partial charge < -0.3 is 10.6 Å². The second-order valence-electron chi connectivity index (χ2n) is 8.99. The van der Waals surface area contributed by atoms with Crippen molar-refractivity contribution in [2.24, 2.45) is 11.8 Å². The van der Waals surface area contributed by atoms with Crippen molar-refractivity contribution in [3.8, 4) is 6.07 Å². The minimum Gasteiger partial charge on any atom is -0.337 e. The van der Waals surface area contributed by atoms with Crippen LogP contribution in [0.4, 0.5) is 0 Å². The van der Waals surface area contributed by atoms with Gasteiger partial charge in [-0.15, -0.1) is 0 Å². The molecular formula is C22H35N3O. The minimum absolute atomic E-state index is 0.0438. The lowest BCUT2D eigenvalue weighted by Crippen LogP contribution is -2.51. The predicted molar refractivity (Wildman–Crippen MR) is 108 cm³/mol. The van der Waals surface area contributed by atoms with Gasteiger partial charge in [-0.05, 0) is 35.3 Å². The summed E-state index contributed by atoms with van der Waals surface area (Å²) in [6.07, 6.45) is 0. The van der Waals surface area contributed by atoms with E-state index in [1.165, 1.54) is 11.1 Å². The molecule has 2 atom stereocenters. The number of nitrogens with one attached hydrogen (secondary N) is 2. The van der Waals surface area contributed by atoms with Gasteiger partial charge in [0.25, 0.3) is 0 Å². The molecule has 0 fully saturated rings. The summed E-state index contributed by atoms with van der Waals surface area (Å²) in [6.45, 7) is 16.7. The van der Waals surface area contributed by atoms with Gasteiger partial charge in [-0.2, -0.15) is 5.26 Å². The summed E-state index contributed by atoms with van der Waals surface area (Å²) in [5, 5.41) is 15.6. The van der Waals surface area contributed by atoms with E-state index >= 15 is 0 Å². The van der Waals surface area contributed by atoms with E-state index < -0.39 is 5.54 Å². The summed E-state index contributed by atoms with van der Waals surface area (Å²) in [5.41, 5.74) is 1.74. The van der Waals surface area contributed by atoms with E-state index in [1.807, 2.05) is 13.8 Å². The normalized spacial score (nSPS) is 15.4. The molecule has 0 aliphatic rings. The molecule has 144 valence electrons. The molecule has 4 nitrogen and oxygen atoms in total. The molecule has 0 aliphatic heterocycles. The monoisotopic (exact) mass is 357 g/mol. The second-order valence-corrected chi connectivity index (χ2v) is 8.99. The van der Waals surface area contributed by atoms with Gasteiger partial charge in [0.15, 0.2) is 0 Å². The zero-order valence-electron chi connectivity index (χ0n) is 17.6. The molecular weight excluding hydrogens is 322 g/mol. The predicted octanol–water partition coefficient (Wildman–Crippen LogP) is 4.33. The third-order valence-electron chi connectivity index (χ3n) is 5.07. The molecule has 2 N–H and O–H groups in total. The van der Waals surface area contributed by atoms with Crippen molar-refractivity contribution in [2.75, 3.05) is 6.54 Å². The molecule has 1 amide bonds. The summed E-state index contributed by atoms with van der Waals surface area (Å²) < 4.78 is 0. The van der Waals surface area contributed by atoms with E-state index in [0.717, 1.165) is 0 Å². The first-order valence-corrected chi connectivity index (χ1v) is 9.46. The van der Waals surface area contributed by atoms with Crippen LogP contribution >= 0.6 is 0 Å². The van der Waals surface area contributed by atoms with Crippen LogP contribution in [0.25, 0.3) is 0 Å². The molecule has 0 radical (unpaired) electrons. The summed E-state index contributed by atoms with van der Waals surface area (Å²) in [6, 6.07) is 10.9. The number of carbonyl (C=O) groups is 1. The highest BCUT2D eigenvalue weighted by Crippen LogP contribution is 2.26. The lowest BCUT2D eigenvalue weighted by Gasteiger charge is -2.29. The van der Waals surface area contributed by atoms with Crippen molar-refractivity contribution >= 4 is 5.91 Å². The van der Waals surface area contributed by atoms with Crippen LogP contribution in [0, 0.1) is 23.2 Å². The SMILES string of the molecule is CC(C)[C@H](NCC(=O)N[C@](C)(C#N)C(C)C)c1ccc(C(C)(C)C)cc1. The maximum Gasteiger partial charge on any atom is 0.235 e. The molecule has 0 aliphatic carbocycles. The van der Waals surface area contributed by atoms with E-state index in [4.69, 9.17) is 0 Å². The molecule has 0 saturated heterocycles. The fourth-order valence-corrected chi connectivity index (χ4v) is 2.77. The maximum atomic E-state index is 12.3. The first-order chi connectivity index (χ1) is 11.9. The van der Waals surface area contributed by atoms with Gasteiger partial charge >= 0.3 is 0 Å². The molecule has 1 aromatic carbocycles. The fourth-order valence-electron chi connectivity index (χ4n) is 2.77. The van der Waals surface area contributed by atoms with Crippen molar-refractivity contribution in [3.63, 3.8) is 0 Å². The van der Waals surface area contributed by atoms with Crippen LogP contribution < -0.4 is 10.6 Å². The summed E-state index contributed by atoms with van der Waals surface area (Å²) in [4.78, 5) is 12.3. The Bertz CT molecular complexity index is 635. The van der Waals surface area contributed by atoms with Crippen molar-refractivity contribution in [1.29, 1.82) is 5.26 Å². The molecule has 26 heavy (non-hydrogen) atoms. The van der Waals surface area contributed by atoms with Gasteiger partial charge in [-0.25, -0.2) is 0 Å². The van der Waals surface area contributed by atoms with Crippen molar-refractivity contribution < 1.29 is 4.79 Å². The number of hydrogen-bond acceptors (Lipinski definition) is 3. The van der Waals surface area contributed by atoms with E-state index in [9.17, 15) is 10.1 Å². The Morgan fingerprint density at radius 2 is 1.62 bits per heavy atom. The Labute approximate surface area is 159 Å². The zero-order chi connectivity index (χ0) is 20.1. The standard InChI is InChI=1S/C22H35N3O/c1-15(2)20(17-9-11-18(12-10-17)21(5,6)7)24-13-19(26)25-22(8,14-23)16(3)4/h9-12,15-16,20,24H,13H2,1-8H3,(H,25,26)/t20-,22+/m0/s1. The first-order valence-electron chi connectivity index (χ1n) is 9.46. The summed E-state index contributed by atoms with van der Waals surface area (Å²) >= 11 is 0. The highest BCUT2D eigenvalue weighted by atomic mass is 16.2. The molecule has 0 saturated carbocycles. The van der Waals surface area contributed by atoms with Crippen LogP contribution in [-0.2, 0) is 10.2 Å². The number of benzene rings is 1. The lowest BCUT2D eigenvalue weighted by molar-refractivity contribution is -0.122. The van der Waals surface area contributed by atoms with Crippen LogP contribution in [0.2, 0.25) is 0 Å². The number of carbonyl (C=O) groups excluding carboxylic acids is 1. The topological polar surface area (TPSA) is 64.9 Å². The molecule has 0 bridgehead atoms. The number of hydrogen-bond donors (Lipinski definition) is 2. The number of rotatable bonds is 7. The molecule has 0 heterocycles. The van der Waals surface area contributed by atoms with E-state index in [-0.39, 0.29) is 29.8 Å². The average Bonchev–Trinajstić information content (AvgIpc) is 2.54. The second kappa shape index (κ2) is 8.68. The summed E-state index contributed by atoms with van der Waals surface area (Å²) in [5.74, 6) is 0.234. The van der Waals surface area contributed by atoms with E-state index in [0.29, 0.717) is 5.92 Å². The Balaban J connectivity index is 2.81. The zero-order valence-corrected chi connectivity index (χ0v) is 17.6. The number of amides is 1. The fraction of sp³-hybridized carbons (Fsp3) is 0.636. The van der Waals surface area contributed by atoms with Crippen molar-refractivity contribution in [1.82, 2.24) is 10.6 Å². The van der Waals surface area contributed by atoms with E-state index in [2.05, 4.69) is 75.6 Å². The van der Waals surface area contributed by atoms with E-state index in [1.54, 1.807) is 6.92 Å². The molecule has 0 unspecified atom stereocenters. The molecule has 1 rings (SSSR count). The minimum atomic E-state index is -0.847. The third-order valence-corrected chi connectivity index (χ3v) is 5.07. The van der Waals surface area contributed by atoms with Gasteiger partial charge in [-0.3, -0.25) is 4.79 Å². The average molecular weight is 358 g/mol. The molecule has 1 aromatic rings. The first kappa shape index (κ1) is 22.2. The third kappa shape index (κ3) is 5.85. The number of nitrogens with zero attached hydrogens (tertiary/aromatic N) is 1. The van der Waals surface area contributed by atoms with Crippen molar-refractivity contribution in [3.05, 3.63) is 35.4 Å². The van der Waals surface area contributed by atoms with Gasteiger partial charge in [0.1, 0.15) is 5.54 Å². The van der Waals surface area contributed by atoms with Gasteiger partial charge in [0.2, 0.25) is 5.91 Å². The highest BCUT2D eigenvalue weighted by molar-refractivity contribution is 5.79. The van der Waals surface area contributed by atoms with Crippen LogP contribution in [0.3, 0.4) is 0 Å². The lowest BCUT2D eigenvalue weighted by atomic mass is 9.85. The Morgan fingerprint density at radius 1 is 1.08 bits per heavy atom. The maximum absolute atomic E-state index is 12.3. The van der Waals surface area contributed by atoms with Gasteiger partial charge in [0.05, 0.1) is 12.6 Å². The Morgan fingerprint density at radius 3 is 2.00 bits per heavy atom. The van der Waals surface area contributed by atoms with Crippen molar-refractivity contribution in [2.45, 2.75) is 72.4 Å². The van der Waals surface area contributed by atoms with Crippen LogP contribution in [-0.4, -0.2) is 18.0 Å². The highest BCUT2D eigenvalue weighted by Gasteiger charge is 2.30. The largest absolute Gasteiger partial charge is 0.337 e. The Kier molecular flexibility index (Phi) is 7.41. The molecule has 0 spiro atoms. The van der Waals surface area contributed by atoms with Gasteiger partial charge in [-0.1, -0.05) is 72.7 Å². The quantitative estimate of drug-likeness (QED) is 0.763. The van der Waals surface area contributed by atoms with Crippen LogP contribution in [0.5, 0.6) is 0 Å². The van der Waals surface area contributed by atoms with Gasteiger partial charge in [0, 0.05) is 6.04 Å². The smallest absolute Gasteiger partial charge is 0.235 e. The van der Waals surface area contributed by atoms with Crippen LogP contribution in [0.15, 0.2) is 24.3 Å². The molecule has 0 aromatic heterocycles. The number of nitriles is 1. The van der Waals surface area contributed by atoms with Crippen LogP contribution in [0.1, 0.15) is 72.6 Å². The molecule has 4 heteroatoms.